The number of benzene rings is 1. The van der Waals surface area contributed by atoms with Crippen LogP contribution in [0.1, 0.15) is 16.2 Å². The molecule has 5 nitrogen and oxygen atoms in total. The molecule has 5 heteroatoms. The minimum absolute atomic E-state index is 0.0347. The first kappa shape index (κ1) is 10.6. The number of aliphatic hydroxyl groups excluding tert-OH is 1. The minimum atomic E-state index is -0.962. The highest BCUT2D eigenvalue weighted by atomic mass is 16.4. The van der Waals surface area contributed by atoms with Crippen LogP contribution in [0.15, 0.2) is 18.2 Å². The van der Waals surface area contributed by atoms with Crippen molar-refractivity contribution in [2.24, 2.45) is 0 Å². The van der Waals surface area contributed by atoms with Crippen LogP contribution < -0.4 is 0 Å². The van der Waals surface area contributed by atoms with Crippen LogP contribution in [-0.2, 0) is 6.54 Å². The molecule has 2 aromatic rings. The van der Waals surface area contributed by atoms with Crippen LogP contribution in [-0.4, -0.2) is 32.3 Å². The van der Waals surface area contributed by atoms with E-state index in [1.807, 2.05) is 11.5 Å². The molecule has 0 radical (unpaired) electrons. The molecular formula is C11H12N2O3. The summed E-state index contributed by atoms with van der Waals surface area (Å²) in [5, 5.41) is 17.8. The van der Waals surface area contributed by atoms with E-state index in [1.54, 1.807) is 18.2 Å². The lowest BCUT2D eigenvalue weighted by Gasteiger charge is -2.03. The Hall–Kier alpha value is -1.88. The topological polar surface area (TPSA) is 75.3 Å². The molecule has 1 aromatic carbocycles. The van der Waals surface area contributed by atoms with E-state index < -0.39 is 5.97 Å². The lowest BCUT2D eigenvalue weighted by Crippen LogP contribution is -2.03. The number of hydrogen-bond acceptors (Lipinski definition) is 3. The third kappa shape index (κ3) is 1.65. The number of carboxylic acid groups (broad SMARTS) is 1. The lowest BCUT2D eigenvalue weighted by atomic mass is 10.2. The number of fused-ring (bicyclic) bond motifs is 1. The lowest BCUT2D eigenvalue weighted by molar-refractivity contribution is 0.0697. The van der Waals surface area contributed by atoms with Crippen molar-refractivity contribution in [3.05, 3.63) is 29.6 Å². The highest BCUT2D eigenvalue weighted by Gasteiger charge is 2.09. The molecule has 1 aromatic heterocycles. The van der Waals surface area contributed by atoms with Gasteiger partial charge in [0, 0.05) is 6.54 Å². The van der Waals surface area contributed by atoms with E-state index in [1.165, 1.54) is 0 Å². The fraction of sp³-hybridized carbons (Fsp3) is 0.273. The van der Waals surface area contributed by atoms with E-state index in [0.717, 1.165) is 11.3 Å². The summed E-state index contributed by atoms with van der Waals surface area (Å²) in [5.41, 5.74) is 1.71. The molecular weight excluding hydrogens is 208 g/mol. The molecule has 84 valence electrons. The van der Waals surface area contributed by atoms with Crippen molar-refractivity contribution < 1.29 is 15.0 Å². The van der Waals surface area contributed by atoms with Gasteiger partial charge in [-0.3, -0.25) is 0 Å². The molecule has 0 saturated carbocycles. The molecule has 1 heterocycles. The summed E-state index contributed by atoms with van der Waals surface area (Å²) in [5.74, 6) is -0.192. The van der Waals surface area contributed by atoms with Gasteiger partial charge in [-0.25, -0.2) is 9.78 Å². The number of imidazole rings is 1. The Morgan fingerprint density at radius 3 is 2.88 bits per heavy atom. The van der Waals surface area contributed by atoms with Crippen LogP contribution in [0.4, 0.5) is 0 Å². The second-order valence-electron chi connectivity index (χ2n) is 3.54. The van der Waals surface area contributed by atoms with Crippen LogP contribution >= 0.6 is 0 Å². The second kappa shape index (κ2) is 3.94. The molecule has 0 amide bonds. The second-order valence-corrected chi connectivity index (χ2v) is 3.54. The Morgan fingerprint density at radius 1 is 1.50 bits per heavy atom. The zero-order chi connectivity index (χ0) is 11.7. The van der Waals surface area contributed by atoms with Gasteiger partial charge in [0.2, 0.25) is 0 Å². The quantitative estimate of drug-likeness (QED) is 0.810. The standard InChI is InChI=1S/C11H12N2O3/c1-7-12-9-6-8(11(15)16)2-3-10(9)13(7)4-5-14/h2-3,6,14H,4-5H2,1H3,(H,15,16). The molecule has 0 aliphatic carbocycles. The van der Waals surface area contributed by atoms with E-state index in [2.05, 4.69) is 4.98 Å². The van der Waals surface area contributed by atoms with Crippen molar-refractivity contribution >= 4 is 17.0 Å². The van der Waals surface area contributed by atoms with E-state index in [0.29, 0.717) is 12.1 Å². The van der Waals surface area contributed by atoms with Gasteiger partial charge in [-0.1, -0.05) is 0 Å². The molecule has 0 atom stereocenters. The van der Waals surface area contributed by atoms with Gasteiger partial charge < -0.3 is 14.8 Å². The summed E-state index contributed by atoms with van der Waals surface area (Å²) >= 11 is 0. The molecule has 0 aliphatic heterocycles. The van der Waals surface area contributed by atoms with Gasteiger partial charge in [-0.15, -0.1) is 0 Å². The summed E-state index contributed by atoms with van der Waals surface area (Å²) in [6, 6.07) is 4.80. The maximum atomic E-state index is 10.8. The van der Waals surface area contributed by atoms with Crippen molar-refractivity contribution in [1.29, 1.82) is 0 Å². The maximum Gasteiger partial charge on any atom is 0.335 e. The monoisotopic (exact) mass is 220 g/mol. The van der Waals surface area contributed by atoms with Gasteiger partial charge in [0.1, 0.15) is 5.82 Å². The number of aryl methyl sites for hydroxylation is 1. The number of carbonyl (C=O) groups is 1. The number of nitrogens with zero attached hydrogens (tertiary/aromatic N) is 2. The van der Waals surface area contributed by atoms with Crippen LogP contribution in [0.5, 0.6) is 0 Å². The predicted octanol–water partition coefficient (Wildman–Crippen LogP) is 1.04. The summed E-state index contributed by atoms with van der Waals surface area (Å²) in [4.78, 5) is 15.1. The first-order chi connectivity index (χ1) is 7.63. The number of hydrogen-bond donors (Lipinski definition) is 2. The van der Waals surface area contributed by atoms with Gasteiger partial charge in [0.05, 0.1) is 23.2 Å². The van der Waals surface area contributed by atoms with Crippen molar-refractivity contribution in [3.63, 3.8) is 0 Å². The zero-order valence-corrected chi connectivity index (χ0v) is 8.84. The summed E-state index contributed by atoms with van der Waals surface area (Å²) in [6.45, 7) is 2.33. The summed E-state index contributed by atoms with van der Waals surface area (Å²) in [6.07, 6.45) is 0. The number of carboxylic acids is 1. The molecule has 0 fully saturated rings. The largest absolute Gasteiger partial charge is 0.478 e. The van der Waals surface area contributed by atoms with E-state index >= 15 is 0 Å². The molecule has 2 N–H and O–H groups in total. The Balaban J connectivity index is 2.60. The Kier molecular flexibility index (Phi) is 2.62. The number of aromatic nitrogens is 2. The van der Waals surface area contributed by atoms with Crippen LogP contribution in [0.25, 0.3) is 11.0 Å². The number of aliphatic hydroxyl groups is 1. The Morgan fingerprint density at radius 2 is 2.25 bits per heavy atom. The average Bonchev–Trinajstić information content (AvgIpc) is 2.55. The third-order valence-corrected chi connectivity index (χ3v) is 2.51. The van der Waals surface area contributed by atoms with Crippen molar-refractivity contribution in [1.82, 2.24) is 9.55 Å². The number of rotatable bonds is 3. The fourth-order valence-corrected chi connectivity index (χ4v) is 1.77. The van der Waals surface area contributed by atoms with Crippen LogP contribution in [0.3, 0.4) is 0 Å². The van der Waals surface area contributed by atoms with Crippen molar-refractivity contribution in [2.45, 2.75) is 13.5 Å². The fourth-order valence-electron chi connectivity index (χ4n) is 1.77. The average molecular weight is 220 g/mol. The molecule has 0 aliphatic rings. The molecule has 0 spiro atoms. The summed E-state index contributed by atoms with van der Waals surface area (Å²) in [7, 11) is 0. The van der Waals surface area contributed by atoms with Gasteiger partial charge in [-0.05, 0) is 25.1 Å². The Labute approximate surface area is 92.0 Å². The highest BCUT2D eigenvalue weighted by molar-refractivity contribution is 5.92. The zero-order valence-electron chi connectivity index (χ0n) is 8.84. The Bertz CT molecular complexity index is 545. The first-order valence-corrected chi connectivity index (χ1v) is 4.94. The van der Waals surface area contributed by atoms with Crippen LogP contribution in [0.2, 0.25) is 0 Å². The van der Waals surface area contributed by atoms with Crippen LogP contribution in [0, 0.1) is 6.92 Å². The highest BCUT2D eigenvalue weighted by Crippen LogP contribution is 2.17. The molecule has 0 unspecified atom stereocenters. The molecule has 0 bridgehead atoms. The van der Waals surface area contributed by atoms with Crippen molar-refractivity contribution in [2.75, 3.05) is 6.61 Å². The van der Waals surface area contributed by atoms with Gasteiger partial charge >= 0.3 is 5.97 Å². The summed E-state index contributed by atoms with van der Waals surface area (Å²) < 4.78 is 1.86. The molecule has 2 rings (SSSR count). The molecule has 16 heavy (non-hydrogen) atoms. The van der Waals surface area contributed by atoms with Gasteiger partial charge in [-0.2, -0.15) is 0 Å². The first-order valence-electron chi connectivity index (χ1n) is 4.94. The van der Waals surface area contributed by atoms with E-state index in [9.17, 15) is 4.79 Å². The maximum absolute atomic E-state index is 10.8. The van der Waals surface area contributed by atoms with Gasteiger partial charge in [0.25, 0.3) is 0 Å². The molecule has 0 saturated heterocycles. The van der Waals surface area contributed by atoms with Gasteiger partial charge in [0.15, 0.2) is 0 Å². The smallest absolute Gasteiger partial charge is 0.335 e. The number of aromatic carboxylic acids is 1. The predicted molar refractivity (Wildman–Crippen MR) is 58.5 cm³/mol. The normalized spacial score (nSPS) is 10.9. The third-order valence-electron chi connectivity index (χ3n) is 2.51. The van der Waals surface area contributed by atoms with E-state index in [-0.39, 0.29) is 12.2 Å². The van der Waals surface area contributed by atoms with Crippen molar-refractivity contribution in [3.8, 4) is 0 Å². The minimum Gasteiger partial charge on any atom is -0.478 e. The van der Waals surface area contributed by atoms with E-state index in [4.69, 9.17) is 10.2 Å². The SMILES string of the molecule is Cc1nc2cc(C(=O)O)ccc2n1CCO.